The minimum atomic E-state index is -3.98. The Morgan fingerprint density at radius 3 is 2.40 bits per heavy atom. The molecule has 2 rings (SSSR count). The van der Waals surface area contributed by atoms with E-state index in [1.807, 2.05) is 30.3 Å². The summed E-state index contributed by atoms with van der Waals surface area (Å²) in [5.74, 6) is -1.84. The van der Waals surface area contributed by atoms with Crippen molar-refractivity contribution in [2.75, 3.05) is 5.75 Å². The van der Waals surface area contributed by atoms with E-state index in [9.17, 15) is 18.0 Å². The van der Waals surface area contributed by atoms with E-state index in [0.29, 0.717) is 12.0 Å². The van der Waals surface area contributed by atoms with Gasteiger partial charge in [-0.3, -0.25) is 10.0 Å². The van der Waals surface area contributed by atoms with Gasteiger partial charge in [-0.25, -0.2) is 18.7 Å². The van der Waals surface area contributed by atoms with Crippen molar-refractivity contribution in [3.8, 4) is 5.75 Å². The van der Waals surface area contributed by atoms with Crippen LogP contribution in [0.1, 0.15) is 11.1 Å². The van der Waals surface area contributed by atoms with Crippen molar-refractivity contribution in [2.24, 2.45) is 5.73 Å². The van der Waals surface area contributed by atoms with Crippen LogP contribution in [-0.2, 0) is 21.1 Å². The van der Waals surface area contributed by atoms with Crippen molar-refractivity contribution in [3.63, 3.8) is 0 Å². The molecule has 25 heavy (non-hydrogen) atoms. The van der Waals surface area contributed by atoms with Gasteiger partial charge in [-0.15, -0.1) is 0 Å². The van der Waals surface area contributed by atoms with Crippen LogP contribution in [0.25, 0.3) is 0 Å². The summed E-state index contributed by atoms with van der Waals surface area (Å²) in [6, 6.07) is 12.9. The highest BCUT2D eigenvalue weighted by Gasteiger charge is 2.21. The number of hydrogen-bond donors (Lipinski definition) is 3. The predicted octanol–water partition coefficient (Wildman–Crippen LogP) is 1.01. The molecule has 9 heteroatoms. The fourth-order valence-electron chi connectivity index (χ4n) is 2.20. The molecule has 0 aliphatic heterocycles. The first-order valence-corrected chi connectivity index (χ1v) is 8.77. The van der Waals surface area contributed by atoms with Gasteiger partial charge in [0.1, 0.15) is 11.5 Å². The van der Waals surface area contributed by atoms with Gasteiger partial charge in [0.15, 0.2) is 9.84 Å². The maximum Gasteiger partial charge on any atom is 0.409 e. The number of rotatable bonds is 6. The Morgan fingerprint density at radius 1 is 1.12 bits per heavy atom. The van der Waals surface area contributed by atoms with Crippen LogP contribution in [0.4, 0.5) is 4.79 Å². The van der Waals surface area contributed by atoms with Crippen LogP contribution in [0.2, 0.25) is 0 Å². The number of carbonyl (C=O) groups is 2. The molecule has 0 aromatic heterocycles. The quantitative estimate of drug-likeness (QED) is 0.517. The number of hydrogen-bond acceptors (Lipinski definition) is 6. The number of sulfone groups is 1. The lowest BCUT2D eigenvalue weighted by molar-refractivity contribution is -0.126. The Morgan fingerprint density at radius 2 is 1.80 bits per heavy atom. The lowest BCUT2D eigenvalue weighted by Gasteiger charge is -2.11. The van der Waals surface area contributed by atoms with Crippen LogP contribution < -0.4 is 16.0 Å². The number of hydroxylamine groups is 1. The first-order chi connectivity index (χ1) is 11.8. The number of carbonyl (C=O) groups excluding carboxylic acids is 2. The lowest BCUT2D eigenvalue weighted by Crippen LogP contribution is -2.27. The van der Waals surface area contributed by atoms with Gasteiger partial charge < -0.3 is 10.5 Å². The summed E-state index contributed by atoms with van der Waals surface area (Å²) >= 11 is 0. The Labute approximate surface area is 144 Å². The Balaban J connectivity index is 2.42. The second kappa shape index (κ2) is 7.77. The van der Waals surface area contributed by atoms with Crippen molar-refractivity contribution >= 4 is 21.8 Å². The molecule has 0 aliphatic carbocycles. The van der Waals surface area contributed by atoms with Crippen molar-refractivity contribution < 1.29 is 28.0 Å². The molecule has 0 atom stereocenters. The van der Waals surface area contributed by atoms with Crippen molar-refractivity contribution in [1.29, 1.82) is 0 Å². The summed E-state index contributed by atoms with van der Waals surface area (Å²) in [5.41, 5.74) is 7.59. The first-order valence-electron chi connectivity index (χ1n) is 7.11. The van der Waals surface area contributed by atoms with Gasteiger partial charge in [-0.05, 0) is 23.8 Å². The topological polar surface area (TPSA) is 136 Å². The second-order valence-electron chi connectivity index (χ2n) is 5.15. The van der Waals surface area contributed by atoms with Crippen LogP contribution in [0.3, 0.4) is 0 Å². The number of nitrogens with two attached hydrogens (primary N) is 1. The van der Waals surface area contributed by atoms with Crippen LogP contribution in [0.15, 0.2) is 53.4 Å². The molecule has 0 unspecified atom stereocenters. The molecule has 132 valence electrons. The SMILES string of the molecule is NC(=O)Oc1ccc(S(=O)(=O)CC(=O)NO)cc1Cc1ccccc1. The molecule has 0 spiro atoms. The average molecular weight is 364 g/mol. The summed E-state index contributed by atoms with van der Waals surface area (Å²) in [5, 5.41) is 8.50. The van der Waals surface area contributed by atoms with Gasteiger partial charge in [-0.2, -0.15) is 0 Å². The third-order valence-electron chi connectivity index (χ3n) is 3.28. The maximum absolute atomic E-state index is 12.2. The normalized spacial score (nSPS) is 10.9. The third kappa shape index (κ3) is 5.03. The summed E-state index contributed by atoms with van der Waals surface area (Å²) < 4.78 is 29.4. The van der Waals surface area contributed by atoms with E-state index in [2.05, 4.69) is 0 Å². The number of primary amides is 1. The van der Waals surface area contributed by atoms with Gasteiger partial charge in [0, 0.05) is 12.0 Å². The number of ether oxygens (including phenoxy) is 1. The summed E-state index contributed by atoms with van der Waals surface area (Å²) in [6.07, 6.45) is -0.733. The van der Waals surface area contributed by atoms with E-state index in [4.69, 9.17) is 15.7 Å². The van der Waals surface area contributed by atoms with E-state index in [-0.39, 0.29) is 10.6 Å². The Hall–Kier alpha value is -2.91. The summed E-state index contributed by atoms with van der Waals surface area (Å²) in [7, 11) is -3.98. The third-order valence-corrected chi connectivity index (χ3v) is 4.90. The fraction of sp³-hybridized carbons (Fsp3) is 0.125. The van der Waals surface area contributed by atoms with Crippen molar-refractivity contribution in [2.45, 2.75) is 11.3 Å². The zero-order valence-electron chi connectivity index (χ0n) is 13.0. The van der Waals surface area contributed by atoms with Crippen molar-refractivity contribution in [1.82, 2.24) is 5.48 Å². The average Bonchev–Trinajstić information content (AvgIpc) is 2.56. The molecular formula is C16H16N2O6S. The molecule has 2 aromatic rings. The molecule has 0 radical (unpaired) electrons. The molecular weight excluding hydrogens is 348 g/mol. The van der Waals surface area contributed by atoms with Gasteiger partial charge in [0.25, 0.3) is 5.91 Å². The highest BCUT2D eigenvalue weighted by atomic mass is 32.2. The maximum atomic E-state index is 12.2. The molecule has 0 saturated heterocycles. The van der Waals surface area contributed by atoms with Gasteiger partial charge >= 0.3 is 6.09 Å². The van der Waals surface area contributed by atoms with Crippen molar-refractivity contribution in [3.05, 3.63) is 59.7 Å². The van der Waals surface area contributed by atoms with E-state index < -0.39 is 27.6 Å². The molecule has 0 aliphatic rings. The monoisotopic (exact) mass is 364 g/mol. The molecule has 0 heterocycles. The Bertz CT molecular complexity index is 881. The highest BCUT2D eigenvalue weighted by Crippen LogP contribution is 2.26. The molecule has 4 N–H and O–H groups in total. The summed E-state index contributed by atoms with van der Waals surface area (Å²) in [6.45, 7) is 0. The predicted molar refractivity (Wildman–Crippen MR) is 87.9 cm³/mol. The number of benzene rings is 2. The van der Waals surface area contributed by atoms with E-state index in [1.165, 1.54) is 23.7 Å². The molecule has 2 aromatic carbocycles. The number of nitrogens with one attached hydrogen (secondary N) is 1. The van der Waals surface area contributed by atoms with Gasteiger partial charge in [-0.1, -0.05) is 30.3 Å². The van der Waals surface area contributed by atoms with Crippen LogP contribution in [-0.4, -0.2) is 31.4 Å². The number of amides is 2. The molecule has 0 saturated carbocycles. The highest BCUT2D eigenvalue weighted by molar-refractivity contribution is 7.92. The lowest BCUT2D eigenvalue weighted by atomic mass is 10.0. The van der Waals surface area contributed by atoms with E-state index in [0.717, 1.165) is 5.56 Å². The van der Waals surface area contributed by atoms with Crippen LogP contribution >= 0.6 is 0 Å². The molecule has 2 amide bonds. The van der Waals surface area contributed by atoms with Crippen LogP contribution in [0, 0.1) is 0 Å². The molecule has 0 bridgehead atoms. The first kappa shape index (κ1) is 18.4. The molecule has 0 fully saturated rings. The zero-order chi connectivity index (χ0) is 18.4. The fourth-order valence-corrected chi connectivity index (χ4v) is 3.37. The largest absolute Gasteiger partial charge is 0.410 e. The minimum absolute atomic E-state index is 0.127. The zero-order valence-corrected chi connectivity index (χ0v) is 13.8. The van der Waals surface area contributed by atoms with Gasteiger partial charge in [0.2, 0.25) is 0 Å². The smallest absolute Gasteiger partial charge is 0.409 e. The minimum Gasteiger partial charge on any atom is -0.410 e. The Kier molecular flexibility index (Phi) is 5.73. The van der Waals surface area contributed by atoms with E-state index in [1.54, 1.807) is 0 Å². The second-order valence-corrected chi connectivity index (χ2v) is 7.14. The van der Waals surface area contributed by atoms with Gasteiger partial charge in [0.05, 0.1) is 4.90 Å². The molecule has 8 nitrogen and oxygen atoms in total. The van der Waals surface area contributed by atoms with E-state index >= 15 is 0 Å². The summed E-state index contributed by atoms with van der Waals surface area (Å²) in [4.78, 5) is 22.1. The van der Waals surface area contributed by atoms with Crippen LogP contribution in [0.5, 0.6) is 5.75 Å². The standard InChI is InChI=1S/C16H16N2O6S/c17-16(20)24-14-7-6-13(25(22,23)10-15(19)18-21)9-12(14)8-11-4-2-1-3-5-11/h1-7,9,21H,8,10H2,(H2,17,20)(H,18,19).